The molecule has 1 aromatic rings. The number of aliphatic hydroxyl groups excluding tert-OH is 1. The van der Waals surface area contributed by atoms with Gasteiger partial charge in [-0.25, -0.2) is 13.2 Å². The molecule has 2 unspecified atom stereocenters. The van der Waals surface area contributed by atoms with Crippen molar-refractivity contribution in [2.45, 2.75) is 34.1 Å². The van der Waals surface area contributed by atoms with Gasteiger partial charge in [-0.3, -0.25) is 14.6 Å². The lowest BCUT2D eigenvalue weighted by Gasteiger charge is -2.35. The summed E-state index contributed by atoms with van der Waals surface area (Å²) >= 11 is 0. The van der Waals surface area contributed by atoms with Crippen molar-refractivity contribution < 1.29 is 32.0 Å². The Hall–Kier alpha value is -3.04. The van der Waals surface area contributed by atoms with Gasteiger partial charge in [0.05, 0.1) is 29.9 Å². The van der Waals surface area contributed by atoms with Crippen LogP contribution in [0.3, 0.4) is 0 Å². The third-order valence-corrected chi connectivity index (χ3v) is 7.81. The summed E-state index contributed by atoms with van der Waals surface area (Å²) in [6, 6.07) is 6.07. The maximum absolute atomic E-state index is 14.0. The SMILES string of the molecule is CCOP1(=O)N=C([N+]2(CCC(C)(C)C)N=C(C#N)C(O)=CC2=O)Nc2ccc(NS(C)(=O)=O)cc21. The van der Waals surface area contributed by atoms with E-state index in [9.17, 15) is 28.1 Å². The molecule has 2 aliphatic heterocycles. The number of hydrogen-bond acceptors (Lipinski definition) is 9. The number of aliphatic hydroxyl groups is 1. The van der Waals surface area contributed by atoms with Crippen LogP contribution in [0.1, 0.15) is 34.1 Å². The Bertz CT molecular complexity index is 1350. The normalized spacial score (nSPS) is 24.3. The number of hydrogen-bond donors (Lipinski definition) is 3. The van der Waals surface area contributed by atoms with Crippen LogP contribution < -0.4 is 15.3 Å². The molecule has 0 saturated carbocycles. The third kappa shape index (κ3) is 5.62. The van der Waals surface area contributed by atoms with Crippen molar-refractivity contribution in [1.82, 2.24) is 0 Å². The molecule has 0 aliphatic carbocycles. The molecule has 35 heavy (non-hydrogen) atoms. The molecule has 1 aromatic carbocycles. The Balaban J connectivity index is 2.21. The van der Waals surface area contributed by atoms with Crippen molar-refractivity contribution in [3.63, 3.8) is 0 Å². The summed E-state index contributed by atoms with van der Waals surface area (Å²) < 4.78 is 48.6. The first-order valence-corrected chi connectivity index (χ1v) is 14.2. The number of guanidine groups is 1. The number of nitrogens with one attached hydrogen (secondary N) is 2. The van der Waals surface area contributed by atoms with Crippen LogP contribution in [0.4, 0.5) is 11.4 Å². The van der Waals surface area contributed by atoms with Gasteiger partial charge in [-0.15, -0.1) is 4.76 Å². The molecule has 3 rings (SSSR count). The highest BCUT2D eigenvalue weighted by Crippen LogP contribution is 2.52. The molecule has 0 fully saturated rings. The zero-order valence-corrected chi connectivity index (χ0v) is 21.8. The van der Waals surface area contributed by atoms with Crippen LogP contribution in [0.15, 0.2) is 39.9 Å². The highest BCUT2D eigenvalue weighted by molar-refractivity contribution is 7.92. The summed E-state index contributed by atoms with van der Waals surface area (Å²) in [4.78, 5) is 13.3. The number of fused-ring (bicyclic) bond motifs is 1. The second-order valence-corrected chi connectivity index (χ2v) is 13.1. The minimum Gasteiger partial charge on any atom is -0.504 e. The predicted octanol–water partition coefficient (Wildman–Crippen LogP) is 2.81. The number of benzene rings is 1. The summed E-state index contributed by atoms with van der Waals surface area (Å²) in [6.45, 7) is 7.59. The van der Waals surface area contributed by atoms with E-state index < -0.39 is 33.8 Å². The largest absolute Gasteiger partial charge is 0.504 e. The summed E-state index contributed by atoms with van der Waals surface area (Å²) in [5.41, 5.74) is -0.165. The van der Waals surface area contributed by atoms with Crippen LogP contribution in [-0.4, -0.2) is 55.1 Å². The number of nitrogens with zero attached hydrogens (tertiary/aromatic N) is 4. The average molecular weight is 524 g/mol. The van der Waals surface area contributed by atoms with E-state index in [-0.39, 0.29) is 46.9 Å². The Morgan fingerprint density at radius 2 is 2.03 bits per heavy atom. The van der Waals surface area contributed by atoms with Gasteiger partial charge in [0.25, 0.3) is 0 Å². The maximum Gasteiger partial charge on any atom is 0.376 e. The fourth-order valence-corrected chi connectivity index (χ4v) is 5.86. The van der Waals surface area contributed by atoms with Gasteiger partial charge in [0.1, 0.15) is 12.6 Å². The first kappa shape index (κ1) is 26.6. The molecule has 0 spiro atoms. The molecule has 0 aromatic heterocycles. The fraction of sp³-hybridized carbons (Fsp3) is 0.429. The third-order valence-electron chi connectivity index (χ3n) is 5.16. The fourth-order valence-electron chi connectivity index (χ4n) is 3.47. The predicted molar refractivity (Wildman–Crippen MR) is 133 cm³/mol. The molecule has 2 aliphatic rings. The van der Waals surface area contributed by atoms with Crippen LogP contribution in [0.25, 0.3) is 0 Å². The minimum atomic E-state index is -4.01. The van der Waals surface area contributed by atoms with E-state index in [4.69, 9.17) is 4.52 Å². The van der Waals surface area contributed by atoms with E-state index in [0.717, 1.165) is 12.3 Å². The Labute approximate surface area is 204 Å². The number of nitriles is 1. The van der Waals surface area contributed by atoms with Crippen molar-refractivity contribution in [1.29, 1.82) is 5.26 Å². The van der Waals surface area contributed by atoms with Crippen molar-refractivity contribution in [3.8, 4) is 6.07 Å². The molecule has 2 atom stereocenters. The second-order valence-electron chi connectivity index (χ2n) is 9.32. The lowest BCUT2D eigenvalue weighted by atomic mass is 9.92. The maximum atomic E-state index is 14.0. The number of carbonyl (C=O) groups is 1. The van der Waals surface area contributed by atoms with Crippen molar-refractivity contribution >= 4 is 51.8 Å². The second kappa shape index (κ2) is 9.20. The van der Waals surface area contributed by atoms with E-state index in [1.165, 1.54) is 18.2 Å². The van der Waals surface area contributed by atoms with Gasteiger partial charge in [-0.05, 0) is 30.5 Å². The first-order valence-electron chi connectivity index (χ1n) is 10.7. The lowest BCUT2D eigenvalue weighted by Crippen LogP contribution is -2.59. The van der Waals surface area contributed by atoms with Gasteiger partial charge >= 0.3 is 19.4 Å². The molecular weight excluding hydrogens is 495 g/mol. The van der Waals surface area contributed by atoms with Gasteiger partial charge in [0, 0.05) is 12.1 Å². The summed E-state index contributed by atoms with van der Waals surface area (Å²) in [6.07, 6.45) is 2.35. The Kier molecular flexibility index (Phi) is 6.98. The smallest absolute Gasteiger partial charge is 0.376 e. The van der Waals surface area contributed by atoms with E-state index in [0.29, 0.717) is 6.42 Å². The van der Waals surface area contributed by atoms with Crippen molar-refractivity contribution in [3.05, 3.63) is 30.0 Å². The lowest BCUT2D eigenvalue weighted by molar-refractivity contribution is -0.769. The van der Waals surface area contributed by atoms with Gasteiger partial charge in [0.2, 0.25) is 15.7 Å². The van der Waals surface area contributed by atoms with E-state index in [1.54, 1.807) is 13.0 Å². The quantitative estimate of drug-likeness (QED) is 0.377. The molecule has 12 nitrogen and oxygen atoms in total. The molecule has 0 radical (unpaired) electrons. The molecule has 188 valence electrons. The topological polar surface area (TPSA) is 170 Å². The number of amides is 1. The van der Waals surface area contributed by atoms with Crippen LogP contribution >= 0.6 is 7.52 Å². The molecule has 1 amide bonds. The van der Waals surface area contributed by atoms with Gasteiger partial charge < -0.3 is 9.63 Å². The molecule has 3 N–H and O–H groups in total. The molecule has 0 saturated heterocycles. The highest BCUT2D eigenvalue weighted by Gasteiger charge is 2.51. The van der Waals surface area contributed by atoms with Crippen molar-refractivity contribution in [2.75, 3.05) is 29.4 Å². The molecular formula is C21H28N6O6PS+. The highest BCUT2D eigenvalue weighted by atomic mass is 32.2. The zero-order chi connectivity index (χ0) is 26.2. The van der Waals surface area contributed by atoms with Gasteiger partial charge in [-0.2, -0.15) is 5.26 Å². The summed E-state index contributed by atoms with van der Waals surface area (Å²) in [5, 5.41) is 26.9. The Morgan fingerprint density at radius 1 is 1.34 bits per heavy atom. The zero-order valence-electron chi connectivity index (χ0n) is 20.1. The minimum absolute atomic E-state index is 0.0145. The molecule has 14 heteroatoms. The van der Waals surface area contributed by atoms with E-state index >= 15 is 0 Å². The van der Waals surface area contributed by atoms with Gasteiger partial charge in [-0.1, -0.05) is 30.5 Å². The van der Waals surface area contributed by atoms with Crippen molar-refractivity contribution in [2.24, 2.45) is 15.3 Å². The van der Waals surface area contributed by atoms with Crippen LogP contribution in [-0.2, 0) is 23.9 Å². The Morgan fingerprint density at radius 3 is 2.60 bits per heavy atom. The number of rotatable bonds is 6. The average Bonchev–Trinajstić information content (AvgIpc) is 2.72. The summed E-state index contributed by atoms with van der Waals surface area (Å²) in [7, 11) is -7.60. The van der Waals surface area contributed by atoms with Crippen LogP contribution in [0, 0.1) is 16.7 Å². The number of quaternary nitrogens is 1. The van der Waals surface area contributed by atoms with Crippen LogP contribution in [0.5, 0.6) is 0 Å². The van der Waals surface area contributed by atoms with E-state index in [2.05, 4.69) is 19.9 Å². The number of carbonyl (C=O) groups excluding carboxylic acids is 1. The monoisotopic (exact) mass is 523 g/mol. The van der Waals surface area contributed by atoms with Crippen LogP contribution in [0.2, 0.25) is 0 Å². The molecule has 0 bridgehead atoms. The summed E-state index contributed by atoms with van der Waals surface area (Å²) in [5.74, 6) is -1.38. The first-order chi connectivity index (χ1) is 16.1. The van der Waals surface area contributed by atoms with E-state index in [1.807, 2.05) is 20.8 Å². The number of allylic oxidation sites excluding steroid dienone is 1. The standard InChI is InChI=1S/C21H27N6O6PS/c1-6-33-34(30)18-11-14(26-35(5,31)32)7-8-15(18)23-20(25-34)27(10-9-21(2,3)4)19(29)12-17(28)16(13-22)24-27/h7-8,11-12H,6,9-10H2,1-5H3,(H2-,23,24,25,26,28,29,30)/p+1. The number of sulfonamides is 1. The van der Waals surface area contributed by atoms with Gasteiger partial charge in [0.15, 0.2) is 5.76 Å². The molecule has 2 heterocycles. The number of anilines is 2.